The van der Waals surface area contributed by atoms with Crippen LogP contribution in [0.4, 0.5) is 10.1 Å². The van der Waals surface area contributed by atoms with Gasteiger partial charge in [0.15, 0.2) is 0 Å². The first-order chi connectivity index (χ1) is 17.1. The maximum Gasteiger partial charge on any atom is 0.256 e. The molecule has 1 aliphatic heterocycles. The van der Waals surface area contributed by atoms with E-state index < -0.39 is 5.82 Å². The average molecular weight is 472 g/mol. The molecule has 0 bridgehead atoms. The minimum atomic E-state index is -0.419. The van der Waals surface area contributed by atoms with Crippen LogP contribution in [0.15, 0.2) is 72.8 Å². The summed E-state index contributed by atoms with van der Waals surface area (Å²) in [6.45, 7) is 4.25. The third-order valence-corrected chi connectivity index (χ3v) is 6.12. The molecule has 1 fully saturated rings. The molecule has 1 saturated heterocycles. The van der Waals surface area contributed by atoms with Crippen LogP contribution in [0.1, 0.15) is 15.9 Å². The first-order valence-electron chi connectivity index (χ1n) is 11.5. The molecule has 2 heterocycles. The predicted octanol–water partition coefficient (Wildman–Crippen LogP) is 5.13. The number of pyridine rings is 1. The zero-order valence-corrected chi connectivity index (χ0v) is 19.5. The molecule has 35 heavy (non-hydrogen) atoms. The van der Waals surface area contributed by atoms with E-state index in [1.807, 2.05) is 12.1 Å². The maximum atomic E-state index is 14.1. The number of hydrogen-bond donors (Lipinski definition) is 1. The van der Waals surface area contributed by atoms with Crippen LogP contribution in [0.5, 0.6) is 5.75 Å². The van der Waals surface area contributed by atoms with Crippen LogP contribution in [0.2, 0.25) is 0 Å². The van der Waals surface area contributed by atoms with E-state index >= 15 is 0 Å². The minimum Gasteiger partial charge on any atom is -0.497 e. The van der Waals surface area contributed by atoms with Crippen LogP contribution < -0.4 is 10.1 Å². The number of nitrogens with zero attached hydrogens (tertiary/aromatic N) is 2. The summed E-state index contributed by atoms with van der Waals surface area (Å²) in [7, 11) is 1.59. The molecule has 7 heteroatoms. The highest BCUT2D eigenvalue weighted by Crippen LogP contribution is 2.27. The SMILES string of the molecule is COc1ccc(NC(=O)c2cc(-c3ccc(CN4CCOCC4)cc3)nc3ccc(F)cc23)cc1. The number of halogens is 1. The summed E-state index contributed by atoms with van der Waals surface area (Å²) in [6, 6.07) is 21.3. The molecule has 0 unspecified atom stereocenters. The highest BCUT2D eigenvalue weighted by atomic mass is 19.1. The molecule has 0 spiro atoms. The van der Waals surface area contributed by atoms with E-state index in [0.29, 0.717) is 33.6 Å². The molecule has 0 aliphatic carbocycles. The maximum absolute atomic E-state index is 14.1. The zero-order valence-electron chi connectivity index (χ0n) is 19.5. The Labute approximate surface area is 203 Å². The number of morpholine rings is 1. The molecule has 1 N–H and O–H groups in total. The number of benzene rings is 3. The highest BCUT2D eigenvalue weighted by Gasteiger charge is 2.16. The van der Waals surface area contributed by atoms with Crippen molar-refractivity contribution in [3.63, 3.8) is 0 Å². The number of amides is 1. The fourth-order valence-electron chi connectivity index (χ4n) is 4.20. The Balaban J connectivity index is 1.45. The summed E-state index contributed by atoms with van der Waals surface area (Å²) in [5, 5.41) is 3.36. The molecule has 0 saturated carbocycles. The lowest BCUT2D eigenvalue weighted by Crippen LogP contribution is -2.35. The molecule has 1 amide bonds. The van der Waals surface area contributed by atoms with Crippen LogP contribution in [0.3, 0.4) is 0 Å². The highest BCUT2D eigenvalue weighted by molar-refractivity contribution is 6.13. The van der Waals surface area contributed by atoms with Gasteiger partial charge in [-0.3, -0.25) is 9.69 Å². The molecule has 1 aliphatic rings. The lowest BCUT2D eigenvalue weighted by Gasteiger charge is -2.26. The average Bonchev–Trinajstić information content (AvgIpc) is 2.89. The second-order valence-corrected chi connectivity index (χ2v) is 8.48. The van der Waals surface area contributed by atoms with Crippen molar-refractivity contribution in [3.8, 4) is 17.0 Å². The predicted molar refractivity (Wildman–Crippen MR) is 134 cm³/mol. The molecule has 3 aromatic carbocycles. The summed E-state index contributed by atoms with van der Waals surface area (Å²) in [4.78, 5) is 20.3. The molecular formula is C28H26FN3O3. The summed E-state index contributed by atoms with van der Waals surface area (Å²) in [6.07, 6.45) is 0. The fraction of sp³-hybridized carbons (Fsp3) is 0.214. The van der Waals surface area contributed by atoms with Crippen LogP contribution in [-0.2, 0) is 11.3 Å². The van der Waals surface area contributed by atoms with Crippen LogP contribution in [-0.4, -0.2) is 49.2 Å². The van der Waals surface area contributed by atoms with Crippen molar-refractivity contribution in [1.29, 1.82) is 0 Å². The lowest BCUT2D eigenvalue weighted by molar-refractivity contribution is 0.0342. The molecule has 4 aromatic rings. The summed E-state index contributed by atoms with van der Waals surface area (Å²) >= 11 is 0. The second-order valence-electron chi connectivity index (χ2n) is 8.48. The van der Waals surface area contributed by atoms with Crippen molar-refractivity contribution in [1.82, 2.24) is 9.88 Å². The van der Waals surface area contributed by atoms with E-state index in [0.717, 1.165) is 38.4 Å². The Morgan fingerprint density at radius 3 is 2.49 bits per heavy atom. The van der Waals surface area contributed by atoms with Gasteiger partial charge in [0.25, 0.3) is 5.91 Å². The summed E-state index contributed by atoms with van der Waals surface area (Å²) in [5.74, 6) is -0.0600. The van der Waals surface area contributed by atoms with E-state index in [-0.39, 0.29) is 5.91 Å². The lowest BCUT2D eigenvalue weighted by atomic mass is 10.0. The van der Waals surface area contributed by atoms with Gasteiger partial charge >= 0.3 is 0 Å². The number of hydrogen-bond acceptors (Lipinski definition) is 5. The van der Waals surface area contributed by atoms with Gasteiger partial charge < -0.3 is 14.8 Å². The van der Waals surface area contributed by atoms with E-state index in [4.69, 9.17) is 14.5 Å². The Bertz CT molecular complexity index is 1330. The number of ether oxygens (including phenoxy) is 2. The van der Waals surface area contributed by atoms with Gasteiger partial charge in [-0.25, -0.2) is 9.37 Å². The topological polar surface area (TPSA) is 63.7 Å². The van der Waals surface area contributed by atoms with Crippen molar-refractivity contribution in [2.75, 3.05) is 38.7 Å². The smallest absolute Gasteiger partial charge is 0.256 e. The number of fused-ring (bicyclic) bond motifs is 1. The Morgan fingerprint density at radius 1 is 1.03 bits per heavy atom. The minimum absolute atomic E-state index is 0.335. The van der Waals surface area contributed by atoms with E-state index in [1.54, 1.807) is 43.5 Å². The van der Waals surface area contributed by atoms with Gasteiger partial charge in [0.2, 0.25) is 0 Å². The zero-order chi connectivity index (χ0) is 24.2. The number of methoxy groups -OCH3 is 1. The quantitative estimate of drug-likeness (QED) is 0.422. The van der Waals surface area contributed by atoms with Gasteiger partial charge in [-0.05, 0) is 54.1 Å². The molecule has 178 valence electrons. The summed E-state index contributed by atoms with van der Waals surface area (Å²) < 4.78 is 24.7. The third-order valence-electron chi connectivity index (χ3n) is 6.12. The van der Waals surface area contributed by atoms with Crippen LogP contribution >= 0.6 is 0 Å². The van der Waals surface area contributed by atoms with Gasteiger partial charge in [-0.2, -0.15) is 0 Å². The molecule has 6 nitrogen and oxygen atoms in total. The molecule has 0 atom stereocenters. The number of carbonyl (C=O) groups excluding carboxylic acids is 1. The number of aromatic nitrogens is 1. The van der Waals surface area contributed by atoms with E-state index in [9.17, 15) is 9.18 Å². The monoisotopic (exact) mass is 471 g/mol. The Morgan fingerprint density at radius 2 is 1.77 bits per heavy atom. The summed E-state index contributed by atoms with van der Waals surface area (Å²) in [5.41, 5.74) is 4.28. The first-order valence-corrected chi connectivity index (χ1v) is 11.5. The van der Waals surface area contributed by atoms with Gasteiger partial charge in [0, 0.05) is 36.3 Å². The number of anilines is 1. The second kappa shape index (κ2) is 10.2. The van der Waals surface area contributed by atoms with Crippen molar-refractivity contribution >= 4 is 22.5 Å². The molecular weight excluding hydrogens is 445 g/mol. The van der Waals surface area contributed by atoms with Crippen LogP contribution in [0.25, 0.3) is 22.2 Å². The standard InChI is InChI=1S/C28H26FN3O3/c1-34-23-9-7-22(8-10-23)30-28(33)25-17-27(31-26-11-6-21(29)16-24(25)26)20-4-2-19(3-5-20)18-32-12-14-35-15-13-32/h2-11,16-17H,12-15,18H2,1H3,(H,30,33). The van der Waals surface area contributed by atoms with Gasteiger partial charge in [0.1, 0.15) is 11.6 Å². The van der Waals surface area contributed by atoms with Crippen molar-refractivity contribution in [2.24, 2.45) is 0 Å². The number of rotatable bonds is 6. The van der Waals surface area contributed by atoms with Gasteiger partial charge in [-0.15, -0.1) is 0 Å². The molecule has 5 rings (SSSR count). The number of nitrogens with one attached hydrogen (secondary N) is 1. The van der Waals surface area contributed by atoms with E-state index in [2.05, 4.69) is 22.3 Å². The first kappa shape index (κ1) is 23.0. The third kappa shape index (κ3) is 5.31. The Kier molecular flexibility index (Phi) is 6.70. The van der Waals surface area contributed by atoms with Gasteiger partial charge in [0.05, 0.1) is 37.1 Å². The molecule has 0 radical (unpaired) electrons. The normalized spacial score (nSPS) is 14.1. The van der Waals surface area contributed by atoms with Crippen LogP contribution in [0, 0.1) is 5.82 Å². The van der Waals surface area contributed by atoms with Crippen molar-refractivity contribution in [3.05, 3.63) is 89.7 Å². The van der Waals surface area contributed by atoms with Crippen molar-refractivity contribution in [2.45, 2.75) is 6.54 Å². The van der Waals surface area contributed by atoms with Crippen molar-refractivity contribution < 1.29 is 18.7 Å². The fourth-order valence-corrected chi connectivity index (χ4v) is 4.20. The Hall–Kier alpha value is -3.81. The van der Waals surface area contributed by atoms with E-state index in [1.165, 1.54) is 17.7 Å². The molecule has 1 aromatic heterocycles. The largest absolute Gasteiger partial charge is 0.497 e. The number of carbonyl (C=O) groups is 1. The van der Waals surface area contributed by atoms with Gasteiger partial charge in [-0.1, -0.05) is 24.3 Å².